The van der Waals surface area contributed by atoms with Crippen LogP contribution in [-0.2, 0) is 33.3 Å². The normalized spacial score (nSPS) is 13.3. The number of allylic oxidation sites excluding steroid dienone is 22. The fourth-order valence-corrected chi connectivity index (χ4v) is 11.6. The molecule has 0 saturated heterocycles. The summed E-state index contributed by atoms with van der Waals surface area (Å²) in [7, 11) is 5.94. The van der Waals surface area contributed by atoms with Crippen molar-refractivity contribution in [1.82, 2.24) is 0 Å². The topological polar surface area (TPSA) is 111 Å². The van der Waals surface area contributed by atoms with Gasteiger partial charge in [-0.25, -0.2) is 0 Å². The van der Waals surface area contributed by atoms with E-state index < -0.39 is 24.3 Å². The smallest absolute Gasteiger partial charge is 0.306 e. The zero-order valence-corrected chi connectivity index (χ0v) is 65.1. The van der Waals surface area contributed by atoms with Crippen molar-refractivity contribution in [1.29, 1.82) is 0 Å². The minimum atomic E-state index is -1.63. The Morgan fingerprint density at radius 3 is 0.859 bits per heavy atom. The molecule has 0 aromatic heterocycles. The fourth-order valence-electron chi connectivity index (χ4n) is 11.6. The summed E-state index contributed by atoms with van der Waals surface area (Å²) in [5.41, 5.74) is 0. The zero-order valence-electron chi connectivity index (χ0n) is 65.1. The Morgan fingerprint density at radius 1 is 0.313 bits per heavy atom. The molecule has 99 heavy (non-hydrogen) atoms. The van der Waals surface area contributed by atoms with E-state index in [0.29, 0.717) is 23.9 Å². The number of carbonyl (C=O) groups excluding carboxylic acids is 3. The first-order chi connectivity index (χ1) is 48.6. The maximum absolute atomic E-state index is 13.0. The van der Waals surface area contributed by atoms with E-state index in [0.717, 1.165) is 103 Å². The molecular weight excluding hydrogens is 1220 g/mol. The average Bonchev–Trinajstić information content (AvgIpc) is 2.62. The van der Waals surface area contributed by atoms with E-state index >= 15 is 0 Å². The van der Waals surface area contributed by atoms with Crippen LogP contribution in [0.3, 0.4) is 0 Å². The number of unbranched alkanes of at least 4 members (excludes halogenated alkanes) is 39. The van der Waals surface area contributed by atoms with Crippen molar-refractivity contribution in [3.05, 3.63) is 134 Å². The Balaban J connectivity index is 4.02. The number of carboxylic acid groups (broad SMARTS) is 1. The zero-order chi connectivity index (χ0) is 71.8. The van der Waals surface area contributed by atoms with Gasteiger partial charge in [0.25, 0.3) is 0 Å². The van der Waals surface area contributed by atoms with Crippen molar-refractivity contribution in [2.75, 3.05) is 47.5 Å². The Morgan fingerprint density at radius 2 is 0.576 bits per heavy atom. The van der Waals surface area contributed by atoms with Crippen molar-refractivity contribution in [2.24, 2.45) is 0 Å². The van der Waals surface area contributed by atoms with Crippen molar-refractivity contribution in [2.45, 2.75) is 373 Å². The molecule has 0 aliphatic rings. The summed E-state index contributed by atoms with van der Waals surface area (Å²) in [6, 6.07) is 0. The SMILES string of the molecule is CC/C=C\C/C=C\C/C=C\C/C=C\C/C=C\C/C=C\C/C=C\C/C=C\CCCCCCCCCCCCCCCCCCC(=O)OC(COC(=O)CCCCCCCCCCCCCCCCCCCC/C=C\C/C=C\C/C=C\CCCCCCC)COC(OCC[N+](C)(C)C)C(=O)[O-]. The van der Waals surface area contributed by atoms with Crippen LogP contribution in [0.2, 0.25) is 0 Å². The Kier molecular flexibility index (Phi) is 75.5. The number of ether oxygens (including phenoxy) is 4. The van der Waals surface area contributed by atoms with E-state index in [9.17, 15) is 19.5 Å². The third-order valence-corrected chi connectivity index (χ3v) is 17.9. The number of esters is 2. The van der Waals surface area contributed by atoms with Gasteiger partial charge in [-0.2, -0.15) is 0 Å². The molecule has 2 atom stereocenters. The van der Waals surface area contributed by atoms with Crippen LogP contribution in [0.4, 0.5) is 0 Å². The lowest BCUT2D eigenvalue weighted by molar-refractivity contribution is -0.870. The molecular formula is C90H155NO8. The molecule has 0 heterocycles. The highest BCUT2D eigenvalue weighted by molar-refractivity contribution is 5.70. The fraction of sp³-hybridized carbons (Fsp3) is 0.722. The van der Waals surface area contributed by atoms with E-state index in [-0.39, 0.29) is 32.2 Å². The molecule has 0 aliphatic carbocycles. The molecule has 0 aliphatic heterocycles. The monoisotopic (exact) mass is 1380 g/mol. The molecule has 0 N–H and O–H groups in total. The van der Waals surface area contributed by atoms with E-state index in [2.05, 4.69) is 148 Å². The highest BCUT2D eigenvalue weighted by atomic mass is 16.7. The number of likely N-dealkylation sites (N-methyl/N-ethyl adjacent to an activating group) is 1. The number of nitrogens with zero attached hydrogens (tertiary/aromatic N) is 1. The molecule has 2 unspecified atom stereocenters. The van der Waals surface area contributed by atoms with Gasteiger partial charge in [0.15, 0.2) is 12.4 Å². The molecule has 9 heteroatoms. The quantitative estimate of drug-likeness (QED) is 0.0195. The van der Waals surface area contributed by atoms with E-state index in [4.69, 9.17) is 18.9 Å². The summed E-state index contributed by atoms with van der Waals surface area (Å²) in [4.78, 5) is 37.6. The van der Waals surface area contributed by atoms with E-state index in [1.807, 2.05) is 21.1 Å². The van der Waals surface area contributed by atoms with Crippen LogP contribution in [0.1, 0.15) is 361 Å². The Bertz CT molecular complexity index is 2100. The van der Waals surface area contributed by atoms with Crippen molar-refractivity contribution >= 4 is 17.9 Å². The van der Waals surface area contributed by atoms with Crippen LogP contribution in [0.25, 0.3) is 0 Å². The molecule has 0 bridgehead atoms. The van der Waals surface area contributed by atoms with Gasteiger partial charge >= 0.3 is 11.9 Å². The second-order valence-electron chi connectivity index (χ2n) is 28.7. The molecule has 0 rings (SSSR count). The third-order valence-electron chi connectivity index (χ3n) is 17.9. The van der Waals surface area contributed by atoms with Crippen LogP contribution in [0.5, 0.6) is 0 Å². The number of hydrogen-bond donors (Lipinski definition) is 0. The maximum atomic E-state index is 13.0. The van der Waals surface area contributed by atoms with Gasteiger partial charge in [0, 0.05) is 12.8 Å². The highest BCUT2D eigenvalue weighted by Gasteiger charge is 2.22. The lowest BCUT2D eigenvalue weighted by Crippen LogP contribution is -2.44. The van der Waals surface area contributed by atoms with Crippen molar-refractivity contribution in [3.63, 3.8) is 0 Å². The van der Waals surface area contributed by atoms with Crippen molar-refractivity contribution < 1.29 is 42.9 Å². The van der Waals surface area contributed by atoms with Gasteiger partial charge in [-0.15, -0.1) is 0 Å². The summed E-state index contributed by atoms with van der Waals surface area (Å²) >= 11 is 0. The highest BCUT2D eigenvalue weighted by Crippen LogP contribution is 2.19. The average molecular weight is 1380 g/mol. The van der Waals surface area contributed by atoms with E-state index in [1.165, 1.54) is 225 Å². The predicted octanol–water partition coefficient (Wildman–Crippen LogP) is 25.5. The number of carboxylic acids is 1. The summed E-state index contributed by atoms with van der Waals surface area (Å²) in [6.07, 6.45) is 111. The summed E-state index contributed by atoms with van der Waals surface area (Å²) in [5, 5.41) is 11.9. The lowest BCUT2D eigenvalue weighted by Gasteiger charge is -2.26. The molecule has 568 valence electrons. The second-order valence-corrected chi connectivity index (χ2v) is 28.7. The molecule has 0 fully saturated rings. The first-order valence-corrected chi connectivity index (χ1v) is 41.3. The van der Waals surface area contributed by atoms with Crippen molar-refractivity contribution in [3.8, 4) is 0 Å². The number of quaternary nitrogens is 1. The number of aliphatic carboxylic acids is 1. The summed E-state index contributed by atoms with van der Waals surface area (Å²) < 4.78 is 22.9. The van der Waals surface area contributed by atoms with Gasteiger partial charge in [-0.1, -0.05) is 366 Å². The van der Waals surface area contributed by atoms with Gasteiger partial charge in [0.1, 0.15) is 13.2 Å². The molecule has 0 aromatic carbocycles. The van der Waals surface area contributed by atoms with Crippen LogP contribution in [0.15, 0.2) is 134 Å². The van der Waals surface area contributed by atoms with Gasteiger partial charge < -0.3 is 33.3 Å². The molecule has 0 saturated carbocycles. The number of rotatable bonds is 76. The minimum absolute atomic E-state index is 0.145. The summed E-state index contributed by atoms with van der Waals surface area (Å²) in [5.74, 6) is -2.27. The molecule has 0 spiro atoms. The summed E-state index contributed by atoms with van der Waals surface area (Å²) in [6.45, 7) is 4.66. The predicted molar refractivity (Wildman–Crippen MR) is 426 cm³/mol. The first-order valence-electron chi connectivity index (χ1n) is 41.3. The molecule has 0 amide bonds. The maximum Gasteiger partial charge on any atom is 0.306 e. The van der Waals surface area contributed by atoms with Crippen LogP contribution in [-0.4, -0.2) is 82.3 Å². The van der Waals surface area contributed by atoms with Gasteiger partial charge in [-0.3, -0.25) is 9.59 Å². The largest absolute Gasteiger partial charge is 0.545 e. The van der Waals surface area contributed by atoms with Crippen LogP contribution < -0.4 is 5.11 Å². The van der Waals surface area contributed by atoms with Gasteiger partial charge in [0.2, 0.25) is 0 Å². The molecule has 0 radical (unpaired) electrons. The standard InChI is InChI=1S/C90H155NO8/c1-6-8-10-12-14-16-18-20-22-24-26-28-30-32-34-36-38-40-41-42-43-44-45-46-47-49-51-53-55-57-59-61-63-65-67-69-71-73-75-77-79-81-88(93)99-86(85-98-90(89(94)95)96-83-82-91(3,4)5)84-97-87(92)80-78-76-74-72-70-68-66-64-62-60-58-56-54-52-50-48-39-37-35-33-31-29-27-25-23-21-19-17-15-13-11-9-7-2/h8,10,14,16,19-22,25-28,31-34,38,40,42-43,45-46,86,90H,6-7,9,11-13,15,17-18,23-24,29-30,35-37,39,41,44,47-85H2,1-5H3/b10-8-,16-14-,21-19-,22-20-,27-25-,28-26-,33-31-,34-32-,40-38-,43-42-,46-45-. The number of hydrogen-bond acceptors (Lipinski definition) is 8. The first kappa shape index (κ1) is 94.4. The number of carbonyl (C=O) groups is 3. The lowest BCUT2D eigenvalue weighted by atomic mass is 10.0. The molecule has 0 aromatic rings. The van der Waals surface area contributed by atoms with Gasteiger partial charge in [-0.05, 0) is 116 Å². The van der Waals surface area contributed by atoms with Crippen LogP contribution >= 0.6 is 0 Å². The Hall–Kier alpha value is -4.57. The Labute approximate surface area is 611 Å². The van der Waals surface area contributed by atoms with Gasteiger partial charge in [0.05, 0.1) is 40.3 Å². The van der Waals surface area contributed by atoms with Crippen LogP contribution in [0, 0.1) is 0 Å². The minimum Gasteiger partial charge on any atom is -0.545 e. The third kappa shape index (κ3) is 80.6. The van der Waals surface area contributed by atoms with E-state index in [1.54, 1.807) is 0 Å². The molecule has 9 nitrogen and oxygen atoms in total. The second kappa shape index (κ2) is 79.1.